The van der Waals surface area contributed by atoms with Gasteiger partial charge in [-0.15, -0.1) is 0 Å². The van der Waals surface area contributed by atoms with Crippen LogP contribution in [-0.2, 0) is 6.54 Å². The molecule has 27 heavy (non-hydrogen) atoms. The zero-order valence-corrected chi connectivity index (χ0v) is 15.0. The van der Waals surface area contributed by atoms with Gasteiger partial charge in [0, 0.05) is 60.8 Å². The highest BCUT2D eigenvalue weighted by molar-refractivity contribution is 5.98. The van der Waals surface area contributed by atoms with Crippen molar-refractivity contribution in [1.29, 1.82) is 0 Å². The average molecular weight is 358 g/mol. The Morgan fingerprint density at radius 2 is 2.07 bits per heavy atom. The van der Waals surface area contributed by atoms with Crippen molar-refractivity contribution in [3.63, 3.8) is 0 Å². The van der Waals surface area contributed by atoms with Crippen LogP contribution in [0, 0.1) is 0 Å². The highest BCUT2D eigenvalue weighted by Crippen LogP contribution is 2.34. The number of rotatable bonds is 5. The zero-order valence-electron chi connectivity index (χ0n) is 15.0. The van der Waals surface area contributed by atoms with Crippen LogP contribution >= 0.6 is 0 Å². The van der Waals surface area contributed by atoms with Crippen molar-refractivity contribution in [2.45, 2.75) is 19.0 Å². The molecule has 1 atom stereocenters. The molecule has 136 valence electrons. The van der Waals surface area contributed by atoms with Crippen molar-refractivity contribution < 1.29 is 0 Å². The normalized spacial score (nSPS) is 17.6. The number of nitrogens with zero attached hydrogens (tertiary/aromatic N) is 3. The van der Waals surface area contributed by atoms with E-state index in [1.807, 2.05) is 24.8 Å². The molecule has 0 amide bonds. The lowest BCUT2D eigenvalue weighted by atomic mass is 10.1. The van der Waals surface area contributed by atoms with Gasteiger partial charge in [-0.05, 0) is 18.1 Å². The smallest absolute Gasteiger partial charge is 0.139 e. The largest absolute Gasteiger partial charge is 0.380 e. The number of aromatic nitrogens is 4. The number of aromatic amines is 2. The predicted octanol–water partition coefficient (Wildman–Crippen LogP) is 3.64. The third-order valence-electron chi connectivity index (χ3n) is 5.27. The summed E-state index contributed by atoms with van der Waals surface area (Å²) in [7, 11) is 0. The van der Waals surface area contributed by atoms with E-state index in [1.54, 1.807) is 0 Å². The Morgan fingerprint density at radius 3 is 2.93 bits per heavy atom. The summed E-state index contributed by atoms with van der Waals surface area (Å²) in [5.74, 6) is 0. The van der Waals surface area contributed by atoms with Crippen LogP contribution in [0.2, 0.25) is 0 Å². The van der Waals surface area contributed by atoms with Gasteiger partial charge >= 0.3 is 0 Å². The monoisotopic (exact) mass is 358 g/mol. The summed E-state index contributed by atoms with van der Waals surface area (Å²) >= 11 is 0. The highest BCUT2D eigenvalue weighted by atomic mass is 15.2. The van der Waals surface area contributed by atoms with Crippen LogP contribution in [0.4, 0.5) is 5.69 Å². The van der Waals surface area contributed by atoms with Crippen LogP contribution < -0.4 is 5.32 Å². The molecule has 0 saturated carbocycles. The number of pyridine rings is 1. The van der Waals surface area contributed by atoms with Crippen LogP contribution in [0.15, 0.2) is 61.2 Å². The van der Waals surface area contributed by atoms with E-state index in [4.69, 9.17) is 0 Å². The molecular weight excluding hydrogens is 336 g/mol. The van der Waals surface area contributed by atoms with Crippen LogP contribution in [0.5, 0.6) is 0 Å². The predicted molar refractivity (Wildman–Crippen MR) is 107 cm³/mol. The van der Waals surface area contributed by atoms with E-state index < -0.39 is 0 Å². The van der Waals surface area contributed by atoms with Crippen LogP contribution in [0.1, 0.15) is 12.0 Å². The molecule has 1 saturated heterocycles. The second-order valence-corrected chi connectivity index (χ2v) is 7.12. The quantitative estimate of drug-likeness (QED) is 0.509. The molecule has 1 fully saturated rings. The second-order valence-electron chi connectivity index (χ2n) is 7.12. The molecule has 0 radical (unpaired) electrons. The van der Waals surface area contributed by atoms with E-state index >= 15 is 0 Å². The second kappa shape index (κ2) is 6.89. The first-order valence-electron chi connectivity index (χ1n) is 9.35. The van der Waals surface area contributed by atoms with E-state index in [-0.39, 0.29) is 0 Å². The Bertz CT molecular complexity index is 1020. The van der Waals surface area contributed by atoms with Crippen molar-refractivity contribution >= 4 is 16.7 Å². The van der Waals surface area contributed by atoms with E-state index in [0.29, 0.717) is 6.04 Å². The number of hydrogen-bond acceptors (Lipinski definition) is 4. The molecule has 0 aliphatic carbocycles. The first-order chi connectivity index (χ1) is 13.4. The van der Waals surface area contributed by atoms with E-state index in [1.165, 1.54) is 5.56 Å². The van der Waals surface area contributed by atoms with Crippen molar-refractivity contribution in [3.8, 4) is 11.1 Å². The third kappa shape index (κ3) is 3.19. The maximum absolute atomic E-state index is 4.56. The van der Waals surface area contributed by atoms with Gasteiger partial charge in [0.15, 0.2) is 0 Å². The van der Waals surface area contributed by atoms with Gasteiger partial charge in [0.25, 0.3) is 0 Å². The molecule has 1 aliphatic heterocycles. The Labute approximate surface area is 157 Å². The summed E-state index contributed by atoms with van der Waals surface area (Å²) in [5.41, 5.74) is 5.54. The number of likely N-dealkylation sites (tertiary alicyclic amines) is 1. The zero-order chi connectivity index (χ0) is 18.1. The SMILES string of the molecule is c1ccc(CN2CC[C@@H](Nc3c(-c4cn[nH]c4)cnc4[nH]ccc34)C2)cc1. The van der Waals surface area contributed by atoms with E-state index in [0.717, 1.165) is 53.9 Å². The first-order valence-corrected chi connectivity index (χ1v) is 9.35. The van der Waals surface area contributed by atoms with Gasteiger partial charge in [-0.3, -0.25) is 10.00 Å². The van der Waals surface area contributed by atoms with Crippen LogP contribution in [-0.4, -0.2) is 44.2 Å². The minimum absolute atomic E-state index is 0.417. The average Bonchev–Trinajstić information content (AvgIpc) is 3.45. The minimum Gasteiger partial charge on any atom is -0.380 e. The molecule has 0 spiro atoms. The van der Waals surface area contributed by atoms with Gasteiger partial charge in [-0.25, -0.2) is 4.98 Å². The fourth-order valence-corrected chi connectivity index (χ4v) is 3.92. The topological polar surface area (TPSA) is 72.6 Å². The lowest BCUT2D eigenvalue weighted by Crippen LogP contribution is -2.26. The first kappa shape index (κ1) is 16.1. The van der Waals surface area contributed by atoms with Crippen molar-refractivity contribution in [2.24, 2.45) is 0 Å². The summed E-state index contributed by atoms with van der Waals surface area (Å²) in [4.78, 5) is 10.3. The molecule has 0 unspecified atom stereocenters. The molecule has 0 bridgehead atoms. The molecular formula is C21H22N6. The molecule has 1 aromatic carbocycles. The molecule has 4 aromatic rings. The summed E-state index contributed by atoms with van der Waals surface area (Å²) in [6.07, 6.45) is 8.75. The maximum Gasteiger partial charge on any atom is 0.139 e. The number of nitrogens with one attached hydrogen (secondary N) is 3. The van der Waals surface area contributed by atoms with Crippen molar-refractivity contribution in [2.75, 3.05) is 18.4 Å². The molecule has 3 N–H and O–H groups in total. The molecule has 1 aliphatic rings. The Balaban J connectivity index is 1.38. The van der Waals surface area contributed by atoms with Gasteiger partial charge in [0.1, 0.15) is 5.65 Å². The van der Waals surface area contributed by atoms with Gasteiger partial charge < -0.3 is 10.3 Å². The van der Waals surface area contributed by atoms with E-state index in [2.05, 4.69) is 66.8 Å². The number of fused-ring (bicyclic) bond motifs is 1. The number of benzene rings is 1. The number of hydrogen-bond donors (Lipinski definition) is 3. The van der Waals surface area contributed by atoms with Crippen molar-refractivity contribution in [3.05, 3.63) is 66.7 Å². The Kier molecular flexibility index (Phi) is 4.10. The molecule has 3 aromatic heterocycles. The fourth-order valence-electron chi connectivity index (χ4n) is 3.92. The molecule has 4 heterocycles. The standard InChI is InChI=1S/C21H22N6/c1-2-4-15(5-3-1)13-27-9-7-17(14-27)26-20-18-6-8-22-21(18)23-12-19(20)16-10-24-25-11-16/h1-6,8,10-12,17H,7,9,13-14H2,(H,24,25)(H2,22,23,26)/t17-/m1/s1. The van der Waals surface area contributed by atoms with Crippen molar-refractivity contribution in [1.82, 2.24) is 25.1 Å². The number of anilines is 1. The van der Waals surface area contributed by atoms with Gasteiger partial charge in [0.2, 0.25) is 0 Å². The third-order valence-corrected chi connectivity index (χ3v) is 5.27. The van der Waals surface area contributed by atoms with Crippen LogP contribution in [0.25, 0.3) is 22.2 Å². The Morgan fingerprint density at radius 1 is 1.15 bits per heavy atom. The van der Waals surface area contributed by atoms with Crippen LogP contribution in [0.3, 0.4) is 0 Å². The summed E-state index contributed by atoms with van der Waals surface area (Å²) < 4.78 is 0. The number of H-pyrrole nitrogens is 2. The molecule has 6 heteroatoms. The Hall–Kier alpha value is -3.12. The lowest BCUT2D eigenvalue weighted by molar-refractivity contribution is 0.328. The summed E-state index contributed by atoms with van der Waals surface area (Å²) in [5, 5.41) is 11.9. The lowest BCUT2D eigenvalue weighted by Gasteiger charge is -2.19. The molecule has 6 nitrogen and oxygen atoms in total. The highest BCUT2D eigenvalue weighted by Gasteiger charge is 2.24. The summed E-state index contributed by atoms with van der Waals surface area (Å²) in [6.45, 7) is 3.15. The maximum atomic E-state index is 4.56. The fraction of sp³-hybridized carbons (Fsp3) is 0.238. The minimum atomic E-state index is 0.417. The molecule has 5 rings (SSSR count). The van der Waals surface area contributed by atoms with E-state index in [9.17, 15) is 0 Å². The van der Waals surface area contributed by atoms with Gasteiger partial charge in [0.05, 0.1) is 11.9 Å². The van der Waals surface area contributed by atoms with Gasteiger partial charge in [-0.1, -0.05) is 30.3 Å². The summed E-state index contributed by atoms with van der Waals surface area (Å²) in [6, 6.07) is 13.2. The van der Waals surface area contributed by atoms with Gasteiger partial charge in [-0.2, -0.15) is 5.10 Å².